The minimum Gasteiger partial charge on any atom is -0.234 e. The molecule has 0 unspecified atom stereocenters. The van der Waals surface area contributed by atoms with Crippen molar-refractivity contribution in [1.82, 2.24) is 0 Å². The van der Waals surface area contributed by atoms with E-state index in [9.17, 15) is 4.21 Å². The molecular weight excluding hydrogens is 242 g/mol. The van der Waals surface area contributed by atoms with Crippen molar-refractivity contribution in [2.75, 3.05) is 0 Å². The zero-order chi connectivity index (χ0) is 12.3. The van der Waals surface area contributed by atoms with E-state index in [0.29, 0.717) is 5.02 Å². The lowest BCUT2D eigenvalue weighted by Gasteiger charge is -2.13. The van der Waals surface area contributed by atoms with Crippen LogP contribution in [0.3, 0.4) is 0 Å². The summed E-state index contributed by atoms with van der Waals surface area (Å²) in [4.78, 5) is 0. The van der Waals surface area contributed by atoms with Crippen LogP contribution < -0.4 is 0 Å². The number of halogens is 1. The summed E-state index contributed by atoms with van der Waals surface area (Å²) in [6.07, 6.45) is 1.60. The number of nitrogens with zero attached hydrogens (tertiary/aromatic N) is 1. The second kappa shape index (κ2) is 5.11. The van der Waals surface area contributed by atoms with Crippen LogP contribution in [0.5, 0.6) is 0 Å². The molecule has 16 heavy (non-hydrogen) atoms. The van der Waals surface area contributed by atoms with Crippen LogP contribution in [-0.4, -0.2) is 15.2 Å². The molecule has 0 saturated carbocycles. The average Bonchev–Trinajstić information content (AvgIpc) is 2.15. The van der Waals surface area contributed by atoms with Crippen molar-refractivity contribution < 1.29 is 4.21 Å². The Morgan fingerprint density at radius 3 is 2.50 bits per heavy atom. The monoisotopic (exact) mass is 257 g/mol. The van der Waals surface area contributed by atoms with Crippen LogP contribution >= 0.6 is 11.6 Å². The molecule has 1 atom stereocenters. The molecule has 0 aliphatic rings. The van der Waals surface area contributed by atoms with Crippen molar-refractivity contribution in [1.29, 1.82) is 0 Å². The molecule has 0 bridgehead atoms. The molecule has 1 aromatic carbocycles. The molecule has 0 N–H and O–H groups in total. The Morgan fingerprint density at radius 2 is 2.00 bits per heavy atom. The van der Waals surface area contributed by atoms with Gasteiger partial charge in [0.05, 0.1) is 4.75 Å². The molecule has 0 aliphatic heterocycles. The lowest BCUT2D eigenvalue weighted by Crippen LogP contribution is -2.19. The summed E-state index contributed by atoms with van der Waals surface area (Å²) >= 11 is 6.04. The maximum atomic E-state index is 11.7. The fourth-order valence-electron chi connectivity index (χ4n) is 1.07. The fraction of sp³-hybridized carbons (Fsp3) is 0.417. The number of hydrogen-bond donors (Lipinski definition) is 0. The van der Waals surface area contributed by atoms with Gasteiger partial charge in [-0.3, -0.25) is 0 Å². The molecule has 88 valence electrons. The normalized spacial score (nSPS) is 14.3. The van der Waals surface area contributed by atoms with Gasteiger partial charge in [0.2, 0.25) is 0 Å². The summed E-state index contributed by atoms with van der Waals surface area (Å²) in [5.74, 6) is 0. The van der Waals surface area contributed by atoms with Gasteiger partial charge in [-0.05, 0) is 39.3 Å². The molecule has 0 amide bonds. The molecule has 0 fully saturated rings. The van der Waals surface area contributed by atoms with Gasteiger partial charge < -0.3 is 0 Å². The van der Waals surface area contributed by atoms with Gasteiger partial charge in [0.15, 0.2) is 0 Å². The van der Waals surface area contributed by atoms with E-state index >= 15 is 0 Å². The largest absolute Gasteiger partial charge is 0.234 e. The highest BCUT2D eigenvalue weighted by molar-refractivity contribution is 7.85. The third kappa shape index (κ3) is 3.42. The van der Waals surface area contributed by atoms with Crippen molar-refractivity contribution in [2.24, 2.45) is 4.40 Å². The van der Waals surface area contributed by atoms with Crippen molar-refractivity contribution in [3.05, 3.63) is 34.3 Å². The molecule has 4 heteroatoms. The van der Waals surface area contributed by atoms with E-state index in [1.807, 2.05) is 39.8 Å². The van der Waals surface area contributed by atoms with Gasteiger partial charge in [0, 0.05) is 16.8 Å². The van der Waals surface area contributed by atoms with Gasteiger partial charge in [-0.1, -0.05) is 23.7 Å². The Balaban J connectivity index is 2.98. The first-order chi connectivity index (χ1) is 7.32. The van der Waals surface area contributed by atoms with E-state index in [1.165, 1.54) is 0 Å². The van der Waals surface area contributed by atoms with Crippen LogP contribution in [0.1, 0.15) is 31.9 Å². The fourth-order valence-corrected chi connectivity index (χ4v) is 1.85. The minimum atomic E-state index is -1.24. The van der Waals surface area contributed by atoms with E-state index < -0.39 is 11.0 Å². The summed E-state index contributed by atoms with van der Waals surface area (Å²) < 4.78 is 15.4. The first-order valence-corrected chi connectivity index (χ1v) is 6.52. The Bertz CT molecular complexity index is 415. The molecule has 0 saturated heterocycles. The number of rotatable bonds is 2. The topological polar surface area (TPSA) is 29.4 Å². The maximum Gasteiger partial charge on any atom is 0.144 e. The predicted molar refractivity (Wildman–Crippen MR) is 71.7 cm³/mol. The molecule has 0 heterocycles. The summed E-state index contributed by atoms with van der Waals surface area (Å²) in [5, 5.41) is 0.634. The third-order valence-electron chi connectivity index (χ3n) is 2.07. The van der Waals surface area contributed by atoms with Gasteiger partial charge in [-0.15, -0.1) is 0 Å². The highest BCUT2D eigenvalue weighted by atomic mass is 35.5. The Labute approximate surface area is 104 Å². The summed E-state index contributed by atoms with van der Waals surface area (Å²) in [7, 11) is -1.24. The van der Waals surface area contributed by atoms with E-state index in [0.717, 1.165) is 11.1 Å². The predicted octanol–water partition coefficient (Wildman–Crippen LogP) is 3.53. The van der Waals surface area contributed by atoms with Gasteiger partial charge in [0.1, 0.15) is 11.0 Å². The van der Waals surface area contributed by atoms with Crippen LogP contribution in [0.2, 0.25) is 5.02 Å². The zero-order valence-corrected chi connectivity index (χ0v) is 11.5. The highest BCUT2D eigenvalue weighted by Crippen LogP contribution is 2.18. The van der Waals surface area contributed by atoms with Crippen LogP contribution in [0, 0.1) is 6.92 Å². The third-order valence-corrected chi connectivity index (χ3v) is 3.75. The van der Waals surface area contributed by atoms with E-state index in [4.69, 9.17) is 11.6 Å². The Morgan fingerprint density at radius 1 is 1.38 bits per heavy atom. The zero-order valence-electron chi connectivity index (χ0n) is 9.95. The Hall–Kier alpha value is -0.670. The second-order valence-electron chi connectivity index (χ2n) is 4.57. The van der Waals surface area contributed by atoms with Gasteiger partial charge in [0.25, 0.3) is 0 Å². The quantitative estimate of drug-likeness (QED) is 0.746. The maximum absolute atomic E-state index is 11.7. The van der Waals surface area contributed by atoms with Crippen LogP contribution in [0.15, 0.2) is 22.6 Å². The van der Waals surface area contributed by atoms with Gasteiger partial charge in [-0.25, -0.2) is 4.21 Å². The summed E-state index contributed by atoms with van der Waals surface area (Å²) in [6.45, 7) is 7.62. The van der Waals surface area contributed by atoms with Crippen LogP contribution in [0.4, 0.5) is 0 Å². The van der Waals surface area contributed by atoms with Crippen molar-refractivity contribution in [2.45, 2.75) is 32.4 Å². The smallest absolute Gasteiger partial charge is 0.144 e. The van der Waals surface area contributed by atoms with Gasteiger partial charge in [-0.2, -0.15) is 4.40 Å². The standard InChI is InChI=1S/C12H16ClNOS/c1-9-6-5-7-11(13)10(9)8-14-16(15)12(2,3)4/h5-8H,1-4H3/b14-8+/t16-/m1/s1. The van der Waals surface area contributed by atoms with E-state index in [1.54, 1.807) is 12.3 Å². The van der Waals surface area contributed by atoms with Crippen molar-refractivity contribution in [3.8, 4) is 0 Å². The first-order valence-electron chi connectivity index (χ1n) is 5.03. The molecule has 0 aliphatic carbocycles. The summed E-state index contributed by atoms with van der Waals surface area (Å²) in [5.41, 5.74) is 1.86. The summed E-state index contributed by atoms with van der Waals surface area (Å²) in [6, 6.07) is 5.64. The average molecular weight is 258 g/mol. The number of aryl methyl sites for hydroxylation is 1. The molecule has 1 aromatic rings. The van der Waals surface area contributed by atoms with E-state index in [-0.39, 0.29) is 4.75 Å². The van der Waals surface area contributed by atoms with Gasteiger partial charge >= 0.3 is 0 Å². The minimum absolute atomic E-state index is 0.342. The molecular formula is C12H16ClNOS. The van der Waals surface area contributed by atoms with Crippen molar-refractivity contribution in [3.63, 3.8) is 0 Å². The van der Waals surface area contributed by atoms with E-state index in [2.05, 4.69) is 4.40 Å². The number of benzene rings is 1. The molecule has 2 nitrogen and oxygen atoms in total. The lowest BCUT2D eigenvalue weighted by atomic mass is 10.1. The van der Waals surface area contributed by atoms with Crippen molar-refractivity contribution >= 4 is 28.8 Å². The Kier molecular flexibility index (Phi) is 4.28. The molecule has 0 radical (unpaired) electrons. The molecule has 0 aromatic heterocycles. The van der Waals surface area contributed by atoms with Crippen LogP contribution in [0.25, 0.3) is 0 Å². The SMILES string of the molecule is Cc1cccc(Cl)c1/C=N/[S@](=O)C(C)(C)C. The highest BCUT2D eigenvalue weighted by Gasteiger charge is 2.18. The number of hydrogen-bond acceptors (Lipinski definition) is 1. The van der Waals surface area contributed by atoms with Crippen LogP contribution in [-0.2, 0) is 11.0 Å². The first kappa shape index (κ1) is 13.4. The second-order valence-corrected chi connectivity index (χ2v) is 6.91. The lowest BCUT2D eigenvalue weighted by molar-refractivity contribution is 0.651. The molecule has 1 rings (SSSR count). The molecule has 0 spiro atoms.